The lowest BCUT2D eigenvalue weighted by Crippen LogP contribution is -2.50. The minimum absolute atomic E-state index is 0.00149. The number of likely N-dealkylation sites (N-methyl/N-ethyl adjacent to an activating group) is 1. The third-order valence-corrected chi connectivity index (χ3v) is 13.1. The summed E-state index contributed by atoms with van der Waals surface area (Å²) < 4.78 is 87.9. The molecule has 0 aliphatic carbocycles. The molecule has 6 N–H and O–H groups in total. The molecule has 0 spiro atoms. The van der Waals surface area contributed by atoms with E-state index in [0.717, 1.165) is 16.7 Å². The summed E-state index contributed by atoms with van der Waals surface area (Å²) in [6.45, 7) is 3.79. The van der Waals surface area contributed by atoms with Crippen LogP contribution in [0.1, 0.15) is 22.6 Å². The van der Waals surface area contributed by atoms with Gasteiger partial charge >= 0.3 is 0 Å². The van der Waals surface area contributed by atoms with Crippen molar-refractivity contribution in [3.63, 3.8) is 0 Å². The van der Waals surface area contributed by atoms with E-state index in [0.29, 0.717) is 23.1 Å². The molecule has 1 aliphatic heterocycles. The Labute approximate surface area is 390 Å². The molecule has 3 aromatic rings. The van der Waals surface area contributed by atoms with Gasteiger partial charge in [-0.25, -0.2) is 26.3 Å². The number of aliphatic hydroxyl groups excluding tert-OH is 2. The van der Waals surface area contributed by atoms with Crippen LogP contribution in [0.25, 0.3) is 0 Å². The van der Waals surface area contributed by atoms with Crippen LogP contribution in [0.2, 0.25) is 10.0 Å². The fourth-order valence-corrected chi connectivity index (χ4v) is 9.03. The summed E-state index contributed by atoms with van der Waals surface area (Å²) in [5.74, 6) is -2.02. The van der Waals surface area contributed by atoms with E-state index in [2.05, 4.69) is 25.0 Å². The van der Waals surface area contributed by atoms with Crippen molar-refractivity contribution < 1.29 is 65.1 Å². The van der Waals surface area contributed by atoms with E-state index in [4.69, 9.17) is 51.6 Å². The lowest BCUT2D eigenvalue weighted by atomic mass is 9.85. The minimum atomic E-state index is -3.81. The predicted molar refractivity (Wildman–Crippen MR) is 241 cm³/mol. The Morgan fingerprint density at radius 2 is 1.08 bits per heavy atom. The van der Waals surface area contributed by atoms with Gasteiger partial charge in [0.1, 0.15) is 0 Å². The van der Waals surface area contributed by atoms with Crippen molar-refractivity contribution in [3.8, 4) is 0 Å². The molecule has 2 amide bonds. The van der Waals surface area contributed by atoms with Gasteiger partial charge in [-0.3, -0.25) is 9.59 Å². The van der Waals surface area contributed by atoms with E-state index in [1.54, 1.807) is 42.5 Å². The maximum atomic E-state index is 13.1. The van der Waals surface area contributed by atoms with Gasteiger partial charge in [0.25, 0.3) is 11.8 Å². The monoisotopic (exact) mass is 991 g/mol. The lowest BCUT2D eigenvalue weighted by molar-refractivity contribution is -0.146. The average Bonchev–Trinajstić information content (AvgIpc) is 3.29. The summed E-state index contributed by atoms with van der Waals surface area (Å²) in [4.78, 5) is 26.8. The third-order valence-electron chi connectivity index (χ3n) is 9.61. The van der Waals surface area contributed by atoms with E-state index in [-0.39, 0.29) is 121 Å². The molecule has 0 bridgehead atoms. The van der Waals surface area contributed by atoms with Gasteiger partial charge in [-0.15, -0.1) is 0 Å². The van der Waals surface area contributed by atoms with Gasteiger partial charge in [0.05, 0.1) is 89.1 Å². The molecule has 1 aliphatic rings. The number of ether oxygens (including phenoxy) is 6. The smallest absolute Gasteiger partial charge is 0.252 e. The zero-order valence-corrected chi connectivity index (χ0v) is 39.3. The molecule has 0 radical (unpaired) electrons. The topological polar surface area (TPSA) is 250 Å². The number of carbonyl (C=O) groups excluding carboxylic acids is 2. The molecule has 3 atom stereocenters. The number of nitrogens with one attached hydrogen (secondary N) is 4. The first-order valence-electron chi connectivity index (χ1n) is 20.9. The number of fused-ring (bicyclic) bond motifs is 1. The molecule has 362 valence electrons. The highest BCUT2D eigenvalue weighted by Gasteiger charge is 2.30. The molecular weight excluding hydrogens is 934 g/mol. The van der Waals surface area contributed by atoms with Gasteiger partial charge in [-0.05, 0) is 60.1 Å². The van der Waals surface area contributed by atoms with Crippen LogP contribution in [-0.2, 0) is 64.6 Å². The molecule has 3 aromatic carbocycles. The van der Waals surface area contributed by atoms with Crippen LogP contribution in [0.15, 0.2) is 76.5 Å². The first-order valence-corrected chi connectivity index (χ1v) is 24.6. The summed E-state index contributed by atoms with van der Waals surface area (Å²) in [5.41, 5.74) is 2.79. The molecule has 0 saturated heterocycles. The van der Waals surface area contributed by atoms with Crippen LogP contribution in [0, 0.1) is 0 Å². The average molecular weight is 993 g/mol. The van der Waals surface area contributed by atoms with Crippen LogP contribution in [0.3, 0.4) is 0 Å². The molecule has 23 heteroatoms. The van der Waals surface area contributed by atoms with Crippen molar-refractivity contribution in [3.05, 3.63) is 93.5 Å². The Morgan fingerprint density at radius 3 is 1.58 bits per heavy atom. The first kappa shape index (κ1) is 54.2. The fourth-order valence-electron chi connectivity index (χ4n) is 6.36. The van der Waals surface area contributed by atoms with Crippen molar-refractivity contribution in [2.45, 2.75) is 34.5 Å². The zero-order valence-electron chi connectivity index (χ0n) is 36.1. The summed E-state index contributed by atoms with van der Waals surface area (Å²) >= 11 is 12.8. The number of halogens is 2. The molecule has 1 heterocycles. The number of hydrogen-bond donors (Lipinski definition) is 6. The normalized spacial score (nSPS) is 15.3. The van der Waals surface area contributed by atoms with Gasteiger partial charge in [-0.2, -0.15) is 0 Å². The molecule has 4 rings (SSSR count). The molecular formula is C42H59Cl2N5O14S2. The minimum Gasteiger partial charge on any atom is -0.380 e. The maximum absolute atomic E-state index is 13.1. The van der Waals surface area contributed by atoms with E-state index in [1.165, 1.54) is 12.1 Å². The van der Waals surface area contributed by atoms with Crippen LogP contribution in [-0.4, -0.2) is 175 Å². The summed E-state index contributed by atoms with van der Waals surface area (Å²) in [6.07, 6.45) is -4.01. The Balaban J connectivity index is 0.936. The van der Waals surface area contributed by atoms with Gasteiger partial charge in [0.15, 0.2) is 12.2 Å². The number of amides is 2. The summed E-state index contributed by atoms with van der Waals surface area (Å²) in [7, 11) is -5.41. The van der Waals surface area contributed by atoms with Crippen LogP contribution in [0.5, 0.6) is 0 Å². The number of hydrogen-bond acceptors (Lipinski definition) is 15. The quantitative estimate of drug-likeness (QED) is 0.0476. The zero-order chi connectivity index (χ0) is 47.1. The number of sulfonamides is 2. The van der Waals surface area contributed by atoms with Crippen molar-refractivity contribution in [1.82, 2.24) is 25.0 Å². The largest absolute Gasteiger partial charge is 0.380 e. The van der Waals surface area contributed by atoms with Crippen LogP contribution >= 0.6 is 23.2 Å². The van der Waals surface area contributed by atoms with Crippen molar-refractivity contribution in [2.75, 3.05) is 119 Å². The molecule has 65 heavy (non-hydrogen) atoms. The predicted octanol–water partition coefficient (Wildman–Crippen LogP) is 0.881. The van der Waals surface area contributed by atoms with E-state index >= 15 is 0 Å². The summed E-state index contributed by atoms with van der Waals surface area (Å²) in [6, 6.07) is 18.4. The fraction of sp³-hybridized carbons (Fsp3) is 0.524. The van der Waals surface area contributed by atoms with Crippen LogP contribution < -0.4 is 20.1 Å². The van der Waals surface area contributed by atoms with E-state index in [9.17, 15) is 36.6 Å². The highest BCUT2D eigenvalue weighted by Crippen LogP contribution is 2.38. The van der Waals surface area contributed by atoms with Gasteiger partial charge < -0.3 is 54.2 Å². The Morgan fingerprint density at radius 1 is 0.631 bits per heavy atom. The Bertz CT molecular complexity index is 2140. The second kappa shape index (κ2) is 28.7. The first-order chi connectivity index (χ1) is 31.2. The Hall–Kier alpha value is -3.36. The highest BCUT2D eigenvalue weighted by molar-refractivity contribution is 7.89. The molecule has 0 saturated carbocycles. The van der Waals surface area contributed by atoms with Gasteiger partial charge in [0, 0.05) is 55.2 Å². The molecule has 19 nitrogen and oxygen atoms in total. The van der Waals surface area contributed by atoms with Crippen molar-refractivity contribution in [2.24, 2.45) is 0 Å². The second-order valence-electron chi connectivity index (χ2n) is 14.5. The van der Waals surface area contributed by atoms with Gasteiger partial charge in [-0.1, -0.05) is 53.5 Å². The number of nitrogens with zero attached hydrogens (tertiary/aromatic N) is 1. The maximum Gasteiger partial charge on any atom is 0.252 e. The van der Waals surface area contributed by atoms with Crippen molar-refractivity contribution in [1.29, 1.82) is 0 Å². The second-order valence-corrected chi connectivity index (χ2v) is 18.9. The number of benzene rings is 3. The van der Waals surface area contributed by atoms with Gasteiger partial charge in [0.2, 0.25) is 20.0 Å². The lowest BCUT2D eigenvalue weighted by Gasteiger charge is -2.33. The molecule has 0 aromatic heterocycles. The highest BCUT2D eigenvalue weighted by atomic mass is 35.5. The third kappa shape index (κ3) is 19.0. The Kier molecular flexibility index (Phi) is 24.0. The van der Waals surface area contributed by atoms with E-state index < -0.39 is 44.1 Å². The SMILES string of the molecule is CN1Cc2c(Cl)cc(Cl)cc2C(c2cccc(S(=O)(=O)NCCOCCOCCOCCNC(=O)C(O)C(O)C(=O)NCCOCCOCCOCCNS(=O)(=O)c3ccccc3)c2)C1. The number of carbonyl (C=O) groups is 2. The van der Waals surface area contributed by atoms with E-state index in [1.807, 2.05) is 19.2 Å². The number of aliphatic hydroxyl groups is 2. The number of rotatable bonds is 32. The summed E-state index contributed by atoms with van der Waals surface area (Å²) in [5, 5.41) is 26.0. The molecule has 3 unspecified atom stereocenters. The van der Waals surface area contributed by atoms with Crippen LogP contribution in [0.4, 0.5) is 0 Å². The van der Waals surface area contributed by atoms with Crippen molar-refractivity contribution >= 4 is 55.1 Å². The molecule has 0 fully saturated rings. The standard InChI is InChI=1S/C42H59Cl2N5O14S2/c1-49-29-36(35-27-32(43)28-38(44)37(35)30-49)31-6-5-9-34(26-31)65(56,57)48-13-17-61-21-25-63-23-19-59-15-11-46-42(53)40(51)39(50)41(52)45-10-14-58-18-22-62-24-20-60-16-12-47-64(54,55)33-7-3-2-4-8-33/h2-9,26-28,36,39-40,47-48,50-51H,10-25,29-30H2,1H3,(H,45,52)(H,46,53).